The molecular weight excluding hydrogens is 270 g/mol. The molecule has 1 N–H and O–H groups in total. The van der Waals surface area contributed by atoms with Crippen LogP contribution in [0, 0.1) is 0 Å². The number of hydrogen-bond donors (Lipinski definition) is 1. The van der Waals surface area contributed by atoms with E-state index in [2.05, 4.69) is 12.1 Å². The molecule has 1 aromatic carbocycles. The van der Waals surface area contributed by atoms with Gasteiger partial charge in [-0.1, -0.05) is 18.2 Å². The van der Waals surface area contributed by atoms with Crippen molar-refractivity contribution in [3.63, 3.8) is 0 Å². The number of ether oxygens (including phenoxy) is 1. The van der Waals surface area contributed by atoms with Crippen molar-refractivity contribution < 1.29 is 19.4 Å². The van der Waals surface area contributed by atoms with E-state index in [-0.39, 0.29) is 18.9 Å². The van der Waals surface area contributed by atoms with Crippen LogP contribution in [0.5, 0.6) is 0 Å². The minimum Gasteiger partial charge on any atom is -0.480 e. The monoisotopic (exact) mass is 289 g/mol. The fraction of sp³-hybridized carbons (Fsp3) is 0.500. The van der Waals surface area contributed by atoms with Crippen molar-refractivity contribution in [1.29, 1.82) is 0 Å². The molecule has 1 aliphatic carbocycles. The molecule has 1 fully saturated rings. The number of carboxylic acids is 1. The van der Waals surface area contributed by atoms with Crippen molar-refractivity contribution in [3.05, 3.63) is 34.9 Å². The molecule has 0 radical (unpaired) electrons. The average molecular weight is 289 g/mol. The topological polar surface area (TPSA) is 66.8 Å². The van der Waals surface area contributed by atoms with E-state index in [0.29, 0.717) is 13.2 Å². The Labute approximate surface area is 123 Å². The van der Waals surface area contributed by atoms with E-state index in [4.69, 9.17) is 4.74 Å². The van der Waals surface area contributed by atoms with Crippen LogP contribution in [-0.4, -0.2) is 47.7 Å². The van der Waals surface area contributed by atoms with Gasteiger partial charge < -0.3 is 14.7 Å². The van der Waals surface area contributed by atoms with Crippen LogP contribution in [0.2, 0.25) is 0 Å². The highest BCUT2D eigenvalue weighted by molar-refractivity contribution is 5.85. The molecule has 112 valence electrons. The van der Waals surface area contributed by atoms with E-state index in [1.165, 1.54) is 22.4 Å². The van der Waals surface area contributed by atoms with Gasteiger partial charge in [-0.3, -0.25) is 4.79 Å². The molecule has 21 heavy (non-hydrogen) atoms. The van der Waals surface area contributed by atoms with Gasteiger partial charge in [0.25, 0.3) is 0 Å². The van der Waals surface area contributed by atoms with Crippen LogP contribution >= 0.6 is 0 Å². The summed E-state index contributed by atoms with van der Waals surface area (Å²) in [5.74, 6) is -1.14. The fourth-order valence-corrected chi connectivity index (χ4v) is 3.12. The van der Waals surface area contributed by atoms with Crippen molar-refractivity contribution in [2.24, 2.45) is 0 Å². The smallest absolute Gasteiger partial charge is 0.328 e. The lowest BCUT2D eigenvalue weighted by atomic mass is 10.0. The Morgan fingerprint density at radius 2 is 2.10 bits per heavy atom. The number of nitrogens with zero attached hydrogens (tertiary/aromatic N) is 1. The summed E-state index contributed by atoms with van der Waals surface area (Å²) in [4.78, 5) is 25.0. The zero-order valence-electron chi connectivity index (χ0n) is 11.9. The van der Waals surface area contributed by atoms with E-state index in [9.17, 15) is 14.7 Å². The van der Waals surface area contributed by atoms with E-state index in [1.807, 2.05) is 6.07 Å². The van der Waals surface area contributed by atoms with E-state index < -0.39 is 12.0 Å². The van der Waals surface area contributed by atoms with Crippen LogP contribution in [0.25, 0.3) is 0 Å². The summed E-state index contributed by atoms with van der Waals surface area (Å²) in [6, 6.07) is 5.31. The number of fused-ring (bicyclic) bond motifs is 1. The zero-order valence-corrected chi connectivity index (χ0v) is 11.9. The molecule has 5 nitrogen and oxygen atoms in total. The highest BCUT2D eigenvalue weighted by atomic mass is 16.5. The molecule has 0 bridgehead atoms. The van der Waals surface area contributed by atoms with Gasteiger partial charge in [-0.05, 0) is 36.0 Å². The first-order valence-electron chi connectivity index (χ1n) is 7.36. The Bertz CT molecular complexity index is 569. The van der Waals surface area contributed by atoms with Crippen LogP contribution in [0.15, 0.2) is 18.2 Å². The van der Waals surface area contributed by atoms with Gasteiger partial charge in [-0.25, -0.2) is 4.79 Å². The molecule has 1 heterocycles. The Kier molecular flexibility index (Phi) is 3.92. The van der Waals surface area contributed by atoms with E-state index >= 15 is 0 Å². The van der Waals surface area contributed by atoms with Gasteiger partial charge >= 0.3 is 5.97 Å². The Hall–Kier alpha value is -1.88. The lowest BCUT2D eigenvalue weighted by molar-refractivity contribution is -0.158. The number of benzene rings is 1. The summed E-state index contributed by atoms with van der Waals surface area (Å²) < 4.78 is 5.16. The number of amides is 1. The van der Waals surface area contributed by atoms with Crippen LogP contribution < -0.4 is 0 Å². The molecule has 0 unspecified atom stereocenters. The molecule has 5 heteroatoms. The van der Waals surface area contributed by atoms with Crippen LogP contribution in [0.4, 0.5) is 0 Å². The standard InChI is InChI=1S/C16H19NO4/c18-15(17-6-7-21-10-14(17)16(19)20)9-11-4-5-12-2-1-3-13(12)8-11/h4-5,8,14H,1-3,6-7,9-10H2,(H,19,20)/t14-/m0/s1. The summed E-state index contributed by atoms with van der Waals surface area (Å²) in [5, 5.41) is 9.18. The minimum absolute atomic E-state index is 0.0747. The summed E-state index contributed by atoms with van der Waals surface area (Å²) in [6.07, 6.45) is 3.63. The zero-order chi connectivity index (χ0) is 14.8. The maximum absolute atomic E-state index is 12.4. The largest absolute Gasteiger partial charge is 0.480 e. The quantitative estimate of drug-likeness (QED) is 0.902. The first-order chi connectivity index (χ1) is 10.1. The number of rotatable bonds is 3. The number of carbonyl (C=O) groups is 2. The fourth-order valence-electron chi connectivity index (χ4n) is 3.12. The number of morpholine rings is 1. The number of aryl methyl sites for hydroxylation is 2. The Balaban J connectivity index is 1.71. The number of aliphatic carboxylic acids is 1. The Morgan fingerprint density at radius 3 is 2.90 bits per heavy atom. The van der Waals surface area contributed by atoms with Crippen molar-refractivity contribution >= 4 is 11.9 Å². The minimum atomic E-state index is -1.00. The number of carboxylic acid groups (broad SMARTS) is 1. The van der Waals surface area contributed by atoms with Crippen LogP contribution in [0.1, 0.15) is 23.1 Å². The predicted molar refractivity (Wildman–Crippen MR) is 76.1 cm³/mol. The highest BCUT2D eigenvalue weighted by Gasteiger charge is 2.32. The molecule has 0 aromatic heterocycles. The molecule has 0 spiro atoms. The normalized spacial score (nSPS) is 21.1. The molecule has 3 rings (SSSR count). The van der Waals surface area contributed by atoms with Crippen LogP contribution in [0.3, 0.4) is 0 Å². The lowest BCUT2D eigenvalue weighted by Crippen LogP contribution is -2.53. The van der Waals surface area contributed by atoms with Gasteiger partial charge in [-0.2, -0.15) is 0 Å². The molecule has 1 saturated heterocycles. The van der Waals surface area contributed by atoms with Crippen molar-refractivity contribution in [2.75, 3.05) is 19.8 Å². The number of hydrogen-bond acceptors (Lipinski definition) is 3. The summed E-state index contributed by atoms with van der Waals surface area (Å²) in [7, 11) is 0. The number of carbonyl (C=O) groups excluding carboxylic acids is 1. The van der Waals surface area contributed by atoms with E-state index in [1.54, 1.807) is 0 Å². The van der Waals surface area contributed by atoms with Gasteiger partial charge in [0.1, 0.15) is 0 Å². The van der Waals surface area contributed by atoms with Crippen LogP contribution in [-0.2, 0) is 33.6 Å². The molecule has 1 atom stereocenters. The molecule has 2 aliphatic rings. The highest BCUT2D eigenvalue weighted by Crippen LogP contribution is 2.23. The molecule has 1 aromatic rings. The first kappa shape index (κ1) is 14.1. The molecular formula is C16H19NO4. The van der Waals surface area contributed by atoms with Gasteiger partial charge in [0.05, 0.1) is 19.6 Å². The van der Waals surface area contributed by atoms with Gasteiger partial charge in [0.2, 0.25) is 5.91 Å². The summed E-state index contributed by atoms with van der Waals surface area (Å²) >= 11 is 0. The maximum atomic E-state index is 12.4. The summed E-state index contributed by atoms with van der Waals surface area (Å²) in [5.41, 5.74) is 3.68. The summed E-state index contributed by atoms with van der Waals surface area (Å²) in [6.45, 7) is 0.825. The van der Waals surface area contributed by atoms with Crippen molar-refractivity contribution in [1.82, 2.24) is 4.90 Å². The lowest BCUT2D eigenvalue weighted by Gasteiger charge is -2.33. The van der Waals surface area contributed by atoms with Gasteiger partial charge in [-0.15, -0.1) is 0 Å². The maximum Gasteiger partial charge on any atom is 0.328 e. The molecule has 1 aliphatic heterocycles. The second-order valence-electron chi connectivity index (χ2n) is 5.65. The van der Waals surface area contributed by atoms with Crippen molar-refractivity contribution in [3.8, 4) is 0 Å². The first-order valence-corrected chi connectivity index (χ1v) is 7.36. The molecule has 0 saturated carbocycles. The van der Waals surface area contributed by atoms with Gasteiger partial charge in [0, 0.05) is 6.54 Å². The third kappa shape index (κ3) is 2.93. The molecule has 1 amide bonds. The Morgan fingerprint density at radius 1 is 1.29 bits per heavy atom. The SMILES string of the molecule is O=C(O)[C@@H]1COCCN1C(=O)Cc1ccc2c(c1)CCC2. The third-order valence-electron chi connectivity index (χ3n) is 4.25. The van der Waals surface area contributed by atoms with Gasteiger partial charge in [0.15, 0.2) is 6.04 Å². The second kappa shape index (κ2) is 5.85. The van der Waals surface area contributed by atoms with Crippen molar-refractivity contribution in [2.45, 2.75) is 31.7 Å². The second-order valence-corrected chi connectivity index (χ2v) is 5.65. The van der Waals surface area contributed by atoms with E-state index in [0.717, 1.165) is 18.4 Å². The average Bonchev–Trinajstić information content (AvgIpc) is 2.94. The third-order valence-corrected chi connectivity index (χ3v) is 4.25. The predicted octanol–water partition coefficient (Wildman–Crippen LogP) is 1.03.